The summed E-state index contributed by atoms with van der Waals surface area (Å²) in [6, 6.07) is 10.5. The minimum atomic E-state index is -0.235. The Morgan fingerprint density at radius 1 is 1.27 bits per heavy atom. The number of aromatic nitrogens is 4. The van der Waals surface area contributed by atoms with Crippen LogP contribution in [0.15, 0.2) is 53.6 Å². The van der Waals surface area contributed by atoms with Crippen molar-refractivity contribution in [2.75, 3.05) is 13.1 Å². The van der Waals surface area contributed by atoms with E-state index in [-0.39, 0.29) is 17.4 Å². The average Bonchev–Trinajstić information content (AvgIpc) is 3.42. The van der Waals surface area contributed by atoms with Crippen LogP contribution in [0.25, 0.3) is 0 Å². The van der Waals surface area contributed by atoms with Crippen molar-refractivity contribution in [1.82, 2.24) is 30.3 Å². The van der Waals surface area contributed by atoms with E-state index in [1.807, 2.05) is 13.0 Å². The first-order valence-corrected chi connectivity index (χ1v) is 10.3. The molecule has 3 atom stereocenters. The van der Waals surface area contributed by atoms with Crippen molar-refractivity contribution >= 4 is 5.91 Å². The molecule has 0 radical (unpaired) electrons. The van der Waals surface area contributed by atoms with Crippen LogP contribution in [0.2, 0.25) is 0 Å². The van der Waals surface area contributed by atoms with Crippen molar-refractivity contribution in [3.05, 3.63) is 71.9 Å². The van der Waals surface area contributed by atoms with Crippen LogP contribution in [-0.2, 0) is 12.0 Å². The maximum Gasteiger partial charge on any atom is 0.254 e. The summed E-state index contributed by atoms with van der Waals surface area (Å²) in [6.07, 6.45) is 6.16. The van der Waals surface area contributed by atoms with Crippen molar-refractivity contribution in [2.24, 2.45) is 5.92 Å². The van der Waals surface area contributed by atoms with Gasteiger partial charge in [-0.2, -0.15) is 4.98 Å². The molecule has 0 bridgehead atoms. The molecule has 154 valence electrons. The summed E-state index contributed by atoms with van der Waals surface area (Å²) in [5.41, 5.74) is 1.53. The van der Waals surface area contributed by atoms with E-state index in [9.17, 15) is 4.79 Å². The highest BCUT2D eigenvalue weighted by molar-refractivity contribution is 5.93. The van der Waals surface area contributed by atoms with Gasteiger partial charge < -0.3 is 9.84 Å². The van der Waals surface area contributed by atoms with E-state index in [0.29, 0.717) is 23.2 Å². The Morgan fingerprint density at radius 2 is 2.07 bits per heavy atom. The lowest BCUT2D eigenvalue weighted by molar-refractivity contribution is 0.0933. The van der Waals surface area contributed by atoms with Crippen molar-refractivity contribution in [3.63, 3.8) is 0 Å². The predicted octanol–water partition coefficient (Wildman–Crippen LogP) is 2.13. The number of hydrogen-bond acceptors (Lipinski definition) is 7. The maximum atomic E-state index is 12.6. The van der Waals surface area contributed by atoms with Crippen LogP contribution < -0.4 is 5.32 Å². The molecule has 1 saturated heterocycles. The van der Waals surface area contributed by atoms with Gasteiger partial charge in [-0.15, -0.1) is 0 Å². The molecule has 30 heavy (non-hydrogen) atoms. The van der Waals surface area contributed by atoms with Crippen molar-refractivity contribution in [1.29, 1.82) is 0 Å². The molecule has 0 unspecified atom stereocenters. The largest absolute Gasteiger partial charge is 0.349 e. The fourth-order valence-electron chi connectivity index (χ4n) is 5.06. The van der Waals surface area contributed by atoms with Crippen LogP contribution in [0, 0.1) is 12.8 Å². The number of amides is 1. The van der Waals surface area contributed by atoms with Gasteiger partial charge in [0.1, 0.15) is 6.33 Å². The Balaban J connectivity index is 1.35. The fraction of sp³-hybridized carbons (Fsp3) is 0.409. The summed E-state index contributed by atoms with van der Waals surface area (Å²) < 4.78 is 5.67. The third kappa shape index (κ3) is 3.47. The molecule has 1 N–H and O–H groups in total. The SMILES string of the molecule is Cc1noc([C@]23C[C@H](NC(=O)c4cncnc4)C[C@H]2CN(Cc2ccccc2)C3)n1. The van der Waals surface area contributed by atoms with Gasteiger partial charge in [-0.25, -0.2) is 9.97 Å². The van der Waals surface area contributed by atoms with Gasteiger partial charge in [-0.3, -0.25) is 9.69 Å². The van der Waals surface area contributed by atoms with Gasteiger partial charge >= 0.3 is 0 Å². The summed E-state index contributed by atoms with van der Waals surface area (Å²) in [6.45, 7) is 4.52. The van der Waals surface area contributed by atoms with E-state index in [2.05, 4.69) is 54.6 Å². The molecule has 8 heteroatoms. The Bertz CT molecular complexity index is 1020. The Hall–Kier alpha value is -3.13. The summed E-state index contributed by atoms with van der Waals surface area (Å²) >= 11 is 0. The van der Waals surface area contributed by atoms with Crippen molar-refractivity contribution in [3.8, 4) is 0 Å². The number of benzene rings is 1. The second-order valence-electron chi connectivity index (χ2n) is 8.39. The van der Waals surface area contributed by atoms with Crippen LogP contribution in [-0.4, -0.2) is 50.0 Å². The van der Waals surface area contributed by atoms with E-state index >= 15 is 0 Å². The van der Waals surface area contributed by atoms with Crippen LogP contribution >= 0.6 is 0 Å². The Morgan fingerprint density at radius 3 is 2.80 bits per heavy atom. The summed E-state index contributed by atoms with van der Waals surface area (Å²) in [4.78, 5) is 27.6. The molecule has 2 fully saturated rings. The molecule has 3 aromatic rings. The molecule has 2 aliphatic rings. The third-order valence-corrected chi connectivity index (χ3v) is 6.31. The van der Waals surface area contributed by atoms with Gasteiger partial charge in [0, 0.05) is 38.1 Å². The quantitative estimate of drug-likeness (QED) is 0.696. The van der Waals surface area contributed by atoms with Crippen LogP contribution in [0.5, 0.6) is 0 Å². The minimum Gasteiger partial charge on any atom is -0.349 e. The molecule has 1 aromatic carbocycles. The fourth-order valence-corrected chi connectivity index (χ4v) is 5.06. The number of rotatable bonds is 5. The Labute approximate surface area is 174 Å². The van der Waals surface area contributed by atoms with Gasteiger partial charge in [-0.05, 0) is 31.2 Å². The lowest BCUT2D eigenvalue weighted by Gasteiger charge is -2.25. The molecule has 5 rings (SSSR count). The number of hydrogen-bond donors (Lipinski definition) is 1. The van der Waals surface area contributed by atoms with E-state index in [0.717, 1.165) is 32.5 Å². The first-order chi connectivity index (χ1) is 14.6. The standard InChI is InChI=1S/C22H24N6O2/c1-15-25-21(30-27-15)22-8-19(26-20(29)17-9-23-14-24-10-17)7-18(22)12-28(13-22)11-16-5-3-2-4-6-16/h2-6,9-10,14,18-19H,7-8,11-13H2,1H3,(H,26,29)/t18-,19+,22-/m0/s1. The van der Waals surface area contributed by atoms with Gasteiger partial charge in [0.05, 0.1) is 11.0 Å². The number of aryl methyl sites for hydroxylation is 1. The molecule has 1 aliphatic heterocycles. The number of carbonyl (C=O) groups is 1. The van der Waals surface area contributed by atoms with Crippen LogP contribution in [0.4, 0.5) is 0 Å². The number of nitrogens with zero attached hydrogens (tertiary/aromatic N) is 5. The lowest BCUT2D eigenvalue weighted by atomic mass is 9.80. The minimum absolute atomic E-state index is 0.0498. The van der Waals surface area contributed by atoms with E-state index < -0.39 is 0 Å². The highest BCUT2D eigenvalue weighted by Gasteiger charge is 2.57. The van der Waals surface area contributed by atoms with Crippen molar-refractivity contribution < 1.29 is 9.32 Å². The van der Waals surface area contributed by atoms with Gasteiger partial charge in [0.2, 0.25) is 5.89 Å². The summed E-state index contributed by atoms with van der Waals surface area (Å²) in [5.74, 6) is 1.55. The van der Waals surface area contributed by atoms with Crippen LogP contribution in [0.1, 0.15) is 40.5 Å². The molecule has 8 nitrogen and oxygen atoms in total. The van der Waals surface area contributed by atoms with E-state index in [4.69, 9.17) is 4.52 Å². The lowest BCUT2D eigenvalue weighted by Crippen LogP contribution is -2.38. The molecular formula is C22H24N6O2. The molecule has 1 amide bonds. The molecule has 1 saturated carbocycles. The number of carbonyl (C=O) groups excluding carboxylic acids is 1. The molecule has 2 aromatic heterocycles. The van der Waals surface area contributed by atoms with E-state index in [1.54, 1.807) is 0 Å². The smallest absolute Gasteiger partial charge is 0.254 e. The number of fused-ring (bicyclic) bond motifs is 1. The third-order valence-electron chi connectivity index (χ3n) is 6.31. The van der Waals surface area contributed by atoms with Gasteiger partial charge in [0.15, 0.2) is 5.82 Å². The first kappa shape index (κ1) is 18.9. The molecule has 1 aliphatic carbocycles. The first-order valence-electron chi connectivity index (χ1n) is 10.3. The number of nitrogens with one attached hydrogen (secondary N) is 1. The summed E-state index contributed by atoms with van der Waals surface area (Å²) in [7, 11) is 0. The maximum absolute atomic E-state index is 12.6. The zero-order chi connectivity index (χ0) is 20.6. The second kappa shape index (κ2) is 7.60. The zero-order valence-electron chi connectivity index (χ0n) is 16.9. The van der Waals surface area contributed by atoms with Gasteiger partial charge in [0.25, 0.3) is 5.91 Å². The Kier molecular flexibility index (Phi) is 4.78. The number of likely N-dealkylation sites (tertiary alicyclic amines) is 1. The zero-order valence-corrected chi connectivity index (χ0v) is 16.9. The topological polar surface area (TPSA) is 97.0 Å². The van der Waals surface area contributed by atoms with Crippen LogP contribution in [0.3, 0.4) is 0 Å². The molecular weight excluding hydrogens is 380 g/mol. The monoisotopic (exact) mass is 404 g/mol. The molecule has 3 heterocycles. The van der Waals surface area contributed by atoms with Gasteiger partial charge in [-0.1, -0.05) is 35.5 Å². The van der Waals surface area contributed by atoms with Crippen molar-refractivity contribution in [2.45, 2.75) is 37.8 Å². The molecule has 0 spiro atoms. The second-order valence-corrected chi connectivity index (χ2v) is 8.39. The highest BCUT2D eigenvalue weighted by atomic mass is 16.5. The normalized spacial score (nSPS) is 25.9. The summed E-state index contributed by atoms with van der Waals surface area (Å²) in [5, 5.41) is 7.21. The average molecular weight is 404 g/mol. The predicted molar refractivity (Wildman–Crippen MR) is 108 cm³/mol. The highest BCUT2D eigenvalue weighted by Crippen LogP contribution is 2.50. The van der Waals surface area contributed by atoms with E-state index in [1.165, 1.54) is 24.3 Å².